The van der Waals surface area contributed by atoms with Gasteiger partial charge in [-0.3, -0.25) is 14.4 Å². The molecule has 6 heteroatoms. The van der Waals surface area contributed by atoms with Crippen LogP contribution in [0.1, 0.15) is 367 Å². The van der Waals surface area contributed by atoms with E-state index in [1.807, 2.05) is 0 Å². The van der Waals surface area contributed by atoms with Crippen LogP contribution in [0.15, 0.2) is 72.9 Å². The van der Waals surface area contributed by atoms with Gasteiger partial charge in [-0.15, -0.1) is 0 Å². The standard InChI is InChI=1S/C75H134O6/c1-4-7-10-13-16-19-22-25-27-29-31-32-33-34-35-36-37-38-39-40-41-42-44-45-47-50-53-56-59-62-65-68-74(77)80-71-72(70-79-73(76)67-64-61-58-55-52-49-24-21-18-15-12-9-6-3)81-75(78)69-66-63-60-57-54-51-48-46-43-30-28-26-23-20-17-14-11-8-5-2/h9,12,17-18,20-21,26,28,43,46,49,52,72H,4-8,10-11,13-16,19,22-25,27,29-42,44-45,47-48,50-51,53-71H2,1-3H3/b12-9-,20-17-,21-18-,28-26-,46-43-,52-49-. The molecule has 0 saturated heterocycles. The van der Waals surface area contributed by atoms with Crippen molar-refractivity contribution in [3.63, 3.8) is 0 Å². The Morgan fingerprint density at radius 3 is 0.790 bits per heavy atom. The molecule has 0 aromatic heterocycles. The Bertz CT molecular complexity index is 1490. The van der Waals surface area contributed by atoms with E-state index in [1.54, 1.807) is 0 Å². The molecule has 0 fully saturated rings. The summed E-state index contributed by atoms with van der Waals surface area (Å²) < 4.78 is 16.9. The van der Waals surface area contributed by atoms with E-state index in [2.05, 4.69) is 93.7 Å². The maximum Gasteiger partial charge on any atom is 0.306 e. The van der Waals surface area contributed by atoms with E-state index in [0.29, 0.717) is 19.3 Å². The summed E-state index contributed by atoms with van der Waals surface area (Å²) in [6.45, 7) is 6.51. The smallest absolute Gasteiger partial charge is 0.306 e. The second kappa shape index (κ2) is 69.3. The number of unbranched alkanes of at least 4 members (excludes halogenated alkanes) is 42. The molecular weight excluding hydrogens is 997 g/mol. The van der Waals surface area contributed by atoms with Crippen molar-refractivity contribution >= 4 is 17.9 Å². The highest BCUT2D eigenvalue weighted by atomic mass is 16.6. The van der Waals surface area contributed by atoms with Crippen LogP contribution in [0.2, 0.25) is 0 Å². The summed E-state index contributed by atoms with van der Waals surface area (Å²) in [6, 6.07) is 0. The highest BCUT2D eigenvalue weighted by Crippen LogP contribution is 2.18. The first kappa shape index (κ1) is 77.9. The van der Waals surface area contributed by atoms with Gasteiger partial charge in [0.15, 0.2) is 6.10 Å². The number of ether oxygens (including phenoxy) is 3. The summed E-state index contributed by atoms with van der Waals surface area (Å²) in [6.07, 6.45) is 91.0. The van der Waals surface area contributed by atoms with Crippen LogP contribution >= 0.6 is 0 Å². The first-order chi connectivity index (χ1) is 40.0. The molecule has 0 bridgehead atoms. The second-order valence-electron chi connectivity index (χ2n) is 23.8. The molecule has 0 heterocycles. The fraction of sp³-hybridized carbons (Fsp3) is 0.800. The van der Waals surface area contributed by atoms with Crippen LogP contribution in [0.5, 0.6) is 0 Å². The number of hydrogen-bond acceptors (Lipinski definition) is 6. The number of carbonyl (C=O) groups excluding carboxylic acids is 3. The number of carbonyl (C=O) groups is 3. The van der Waals surface area contributed by atoms with Crippen molar-refractivity contribution in [3.8, 4) is 0 Å². The second-order valence-corrected chi connectivity index (χ2v) is 23.8. The Labute approximate surface area is 503 Å². The molecule has 6 nitrogen and oxygen atoms in total. The molecule has 0 aliphatic heterocycles. The quantitative estimate of drug-likeness (QED) is 0.0261. The van der Waals surface area contributed by atoms with E-state index >= 15 is 0 Å². The van der Waals surface area contributed by atoms with Crippen LogP contribution in [0, 0.1) is 0 Å². The van der Waals surface area contributed by atoms with Crippen LogP contribution < -0.4 is 0 Å². The molecule has 0 rings (SSSR count). The average Bonchev–Trinajstić information content (AvgIpc) is 3.46. The Morgan fingerprint density at radius 1 is 0.259 bits per heavy atom. The van der Waals surface area contributed by atoms with E-state index in [0.717, 1.165) is 109 Å². The summed E-state index contributed by atoms with van der Waals surface area (Å²) in [5, 5.41) is 0. The predicted molar refractivity (Wildman–Crippen MR) is 353 cm³/mol. The van der Waals surface area contributed by atoms with Crippen LogP contribution in [-0.4, -0.2) is 37.2 Å². The third kappa shape index (κ3) is 67.5. The first-order valence-corrected chi connectivity index (χ1v) is 35.4. The topological polar surface area (TPSA) is 78.9 Å². The molecule has 0 radical (unpaired) electrons. The Morgan fingerprint density at radius 2 is 0.481 bits per heavy atom. The molecule has 1 unspecified atom stereocenters. The molecule has 0 aromatic rings. The Hall–Kier alpha value is -3.15. The van der Waals surface area contributed by atoms with Gasteiger partial charge in [0.25, 0.3) is 0 Å². The van der Waals surface area contributed by atoms with Crippen molar-refractivity contribution in [2.24, 2.45) is 0 Å². The Kier molecular flexibility index (Phi) is 66.6. The summed E-state index contributed by atoms with van der Waals surface area (Å²) in [5.74, 6) is -0.914. The van der Waals surface area contributed by atoms with Crippen LogP contribution in [-0.2, 0) is 28.6 Å². The molecule has 0 aromatic carbocycles. The van der Waals surface area contributed by atoms with Crippen molar-refractivity contribution < 1.29 is 28.6 Å². The molecule has 0 saturated carbocycles. The SMILES string of the molecule is CC/C=C\C/C=C\C/C=C\CCCCCC(=O)OCC(COC(=O)CCCCCCCCCCCCCCCCCCCCCCCCCCCCCCCCC)OC(=O)CCCCCCCC/C=C\C/C=C\C/C=C\CCCCC. The summed E-state index contributed by atoms with van der Waals surface area (Å²) >= 11 is 0. The molecule has 0 N–H and O–H groups in total. The van der Waals surface area contributed by atoms with E-state index in [9.17, 15) is 14.4 Å². The lowest BCUT2D eigenvalue weighted by molar-refractivity contribution is -0.167. The normalized spacial score (nSPS) is 12.5. The number of rotatable bonds is 65. The fourth-order valence-electron chi connectivity index (χ4n) is 10.4. The molecule has 81 heavy (non-hydrogen) atoms. The van der Waals surface area contributed by atoms with Crippen molar-refractivity contribution in [1.29, 1.82) is 0 Å². The average molecular weight is 1130 g/mol. The fourth-order valence-corrected chi connectivity index (χ4v) is 10.4. The van der Waals surface area contributed by atoms with Crippen molar-refractivity contribution in [2.75, 3.05) is 13.2 Å². The van der Waals surface area contributed by atoms with Gasteiger partial charge < -0.3 is 14.2 Å². The molecule has 0 amide bonds. The van der Waals surface area contributed by atoms with Crippen molar-refractivity contribution in [1.82, 2.24) is 0 Å². The van der Waals surface area contributed by atoms with Crippen LogP contribution in [0.4, 0.5) is 0 Å². The van der Waals surface area contributed by atoms with Gasteiger partial charge in [0.05, 0.1) is 0 Å². The van der Waals surface area contributed by atoms with E-state index in [4.69, 9.17) is 14.2 Å². The van der Waals surface area contributed by atoms with Gasteiger partial charge in [0, 0.05) is 19.3 Å². The summed E-state index contributed by atoms with van der Waals surface area (Å²) in [4.78, 5) is 38.4. The van der Waals surface area contributed by atoms with Gasteiger partial charge in [0.1, 0.15) is 13.2 Å². The van der Waals surface area contributed by atoms with Gasteiger partial charge in [0.2, 0.25) is 0 Å². The Balaban J connectivity index is 4.19. The highest BCUT2D eigenvalue weighted by Gasteiger charge is 2.19. The van der Waals surface area contributed by atoms with E-state index in [1.165, 1.54) is 218 Å². The van der Waals surface area contributed by atoms with E-state index < -0.39 is 6.10 Å². The zero-order valence-corrected chi connectivity index (χ0v) is 54.1. The highest BCUT2D eigenvalue weighted by molar-refractivity contribution is 5.71. The minimum absolute atomic E-state index is 0.0876. The maximum atomic E-state index is 12.9. The van der Waals surface area contributed by atoms with Gasteiger partial charge in [-0.25, -0.2) is 0 Å². The first-order valence-electron chi connectivity index (χ1n) is 35.4. The number of esters is 3. The summed E-state index contributed by atoms with van der Waals surface area (Å²) in [7, 11) is 0. The third-order valence-electron chi connectivity index (χ3n) is 15.7. The lowest BCUT2D eigenvalue weighted by Crippen LogP contribution is -2.30. The van der Waals surface area contributed by atoms with Crippen molar-refractivity contribution in [3.05, 3.63) is 72.9 Å². The molecule has 0 aliphatic carbocycles. The monoisotopic (exact) mass is 1130 g/mol. The third-order valence-corrected chi connectivity index (χ3v) is 15.7. The van der Waals surface area contributed by atoms with Crippen molar-refractivity contribution in [2.45, 2.75) is 374 Å². The zero-order chi connectivity index (χ0) is 58.5. The van der Waals surface area contributed by atoms with Gasteiger partial charge in [-0.05, 0) is 89.9 Å². The van der Waals surface area contributed by atoms with Crippen LogP contribution in [0.25, 0.3) is 0 Å². The molecular formula is C75H134O6. The summed E-state index contributed by atoms with van der Waals surface area (Å²) in [5.41, 5.74) is 0. The maximum absolute atomic E-state index is 12.9. The predicted octanol–water partition coefficient (Wildman–Crippen LogP) is 24.4. The lowest BCUT2D eigenvalue weighted by Gasteiger charge is -2.18. The van der Waals surface area contributed by atoms with E-state index in [-0.39, 0.29) is 31.1 Å². The molecule has 0 aliphatic rings. The minimum Gasteiger partial charge on any atom is -0.462 e. The minimum atomic E-state index is -0.795. The zero-order valence-electron chi connectivity index (χ0n) is 54.1. The largest absolute Gasteiger partial charge is 0.462 e. The number of hydrogen-bond donors (Lipinski definition) is 0. The van der Waals surface area contributed by atoms with Gasteiger partial charge >= 0.3 is 17.9 Å². The molecule has 470 valence electrons. The lowest BCUT2D eigenvalue weighted by atomic mass is 10.0. The van der Waals surface area contributed by atoms with Crippen LogP contribution in [0.3, 0.4) is 0 Å². The number of allylic oxidation sites excluding steroid dienone is 12. The molecule has 0 spiro atoms. The van der Waals surface area contributed by atoms with Gasteiger partial charge in [-0.2, -0.15) is 0 Å². The van der Waals surface area contributed by atoms with Gasteiger partial charge in [-0.1, -0.05) is 331 Å². The molecule has 1 atom stereocenters.